The zero-order chi connectivity index (χ0) is 19.1. The maximum Gasteiger partial charge on any atom is 0.331 e. The first-order valence-corrected chi connectivity index (χ1v) is 9.22. The zero-order valence-electron chi connectivity index (χ0n) is 14.2. The Balaban J connectivity index is 1.93. The van der Waals surface area contributed by atoms with E-state index >= 15 is 0 Å². The molecule has 2 N–H and O–H groups in total. The Hall–Kier alpha value is -2.65. The van der Waals surface area contributed by atoms with Gasteiger partial charge in [0.2, 0.25) is 5.91 Å². The molecule has 26 heavy (non-hydrogen) atoms. The lowest BCUT2D eigenvalue weighted by Gasteiger charge is -2.27. The van der Waals surface area contributed by atoms with Gasteiger partial charge in [-0.1, -0.05) is 24.3 Å². The summed E-state index contributed by atoms with van der Waals surface area (Å²) in [5.74, 6) is -2.01. The number of sulfonamides is 1. The van der Waals surface area contributed by atoms with Crippen molar-refractivity contribution in [1.29, 1.82) is 0 Å². The van der Waals surface area contributed by atoms with Gasteiger partial charge in [0.25, 0.3) is 10.0 Å². The number of carbonyl (C=O) groups excluding carboxylic acids is 1. The number of hydrogen-bond donors (Lipinski definition) is 2. The lowest BCUT2D eigenvalue weighted by Crippen LogP contribution is -2.57. The lowest BCUT2D eigenvalue weighted by atomic mass is 10.0. The Morgan fingerprint density at radius 3 is 2.50 bits per heavy atom. The van der Waals surface area contributed by atoms with Crippen LogP contribution in [0.2, 0.25) is 0 Å². The molecular formula is C17H18N2O6S. The van der Waals surface area contributed by atoms with Crippen LogP contribution < -0.4 is 9.62 Å². The van der Waals surface area contributed by atoms with Gasteiger partial charge in [-0.15, -0.1) is 0 Å². The van der Waals surface area contributed by atoms with Gasteiger partial charge in [0.05, 0.1) is 17.2 Å². The second-order valence-corrected chi connectivity index (χ2v) is 8.09. The van der Waals surface area contributed by atoms with Crippen LogP contribution in [-0.4, -0.2) is 51.2 Å². The molecule has 1 amide bonds. The van der Waals surface area contributed by atoms with Crippen molar-refractivity contribution in [3.05, 3.63) is 36.4 Å². The molecule has 0 aromatic heterocycles. The normalized spacial score (nSPS) is 17.1. The molecule has 1 aliphatic rings. The molecule has 8 nitrogen and oxygen atoms in total. The van der Waals surface area contributed by atoms with Crippen molar-refractivity contribution in [3.63, 3.8) is 0 Å². The predicted molar refractivity (Wildman–Crippen MR) is 94.5 cm³/mol. The number of nitrogens with zero attached hydrogens (tertiary/aromatic N) is 1. The third-order valence-electron chi connectivity index (χ3n) is 4.29. The summed E-state index contributed by atoms with van der Waals surface area (Å²) >= 11 is 0. The molecule has 138 valence electrons. The van der Waals surface area contributed by atoms with Gasteiger partial charge >= 0.3 is 5.97 Å². The number of methoxy groups -OCH3 is 1. The highest BCUT2D eigenvalue weighted by Crippen LogP contribution is 2.41. The van der Waals surface area contributed by atoms with Crippen molar-refractivity contribution in [2.24, 2.45) is 0 Å². The summed E-state index contributed by atoms with van der Waals surface area (Å²) in [7, 11) is -2.57. The molecule has 2 aromatic carbocycles. The molecule has 0 radical (unpaired) electrons. The molecule has 0 saturated heterocycles. The van der Waals surface area contributed by atoms with Gasteiger partial charge < -0.3 is 15.2 Å². The summed E-state index contributed by atoms with van der Waals surface area (Å²) in [6, 6.07) is 10.0. The Kier molecular flexibility index (Phi) is 4.37. The standard InChI is InChI=1S/C17H18N2O6S/c1-17(10-25-2,16(21)22)18-14(20)9-19-12-7-3-5-11-6-4-8-13(15(11)12)26(19,23)24/h3-8H,9-10H2,1-2H3,(H,18,20)(H,21,22). The van der Waals surface area contributed by atoms with Crippen LogP contribution in [0.4, 0.5) is 5.69 Å². The van der Waals surface area contributed by atoms with Gasteiger partial charge in [0.1, 0.15) is 6.54 Å². The topological polar surface area (TPSA) is 113 Å². The monoisotopic (exact) mass is 378 g/mol. The van der Waals surface area contributed by atoms with Crippen molar-refractivity contribution >= 4 is 38.4 Å². The van der Waals surface area contributed by atoms with Crippen LogP contribution in [-0.2, 0) is 24.3 Å². The Labute approximate surface area is 150 Å². The number of carboxylic acids is 1. The number of nitrogens with one attached hydrogen (secondary N) is 1. The molecule has 1 aliphatic heterocycles. The fourth-order valence-electron chi connectivity index (χ4n) is 3.05. The van der Waals surface area contributed by atoms with Crippen molar-refractivity contribution in [2.75, 3.05) is 24.6 Å². The summed E-state index contributed by atoms with van der Waals surface area (Å²) in [6.45, 7) is 0.518. The first-order chi connectivity index (χ1) is 12.2. The third kappa shape index (κ3) is 2.78. The van der Waals surface area contributed by atoms with Crippen LogP contribution in [0.5, 0.6) is 0 Å². The van der Waals surface area contributed by atoms with E-state index in [4.69, 9.17) is 4.74 Å². The molecular weight excluding hydrogens is 360 g/mol. The van der Waals surface area contributed by atoms with Crippen LogP contribution in [0, 0.1) is 0 Å². The quantitative estimate of drug-likeness (QED) is 0.774. The molecule has 0 saturated carbocycles. The van der Waals surface area contributed by atoms with Gasteiger partial charge in [-0.25, -0.2) is 13.2 Å². The van der Waals surface area contributed by atoms with E-state index in [0.29, 0.717) is 11.1 Å². The van der Waals surface area contributed by atoms with E-state index in [-0.39, 0.29) is 11.5 Å². The molecule has 0 spiro atoms. The smallest absolute Gasteiger partial charge is 0.331 e. The molecule has 1 heterocycles. The number of ether oxygens (including phenoxy) is 1. The minimum atomic E-state index is -3.89. The highest BCUT2D eigenvalue weighted by atomic mass is 32.2. The minimum absolute atomic E-state index is 0.135. The Morgan fingerprint density at radius 1 is 1.23 bits per heavy atom. The van der Waals surface area contributed by atoms with Gasteiger partial charge in [0, 0.05) is 12.5 Å². The minimum Gasteiger partial charge on any atom is -0.479 e. The van der Waals surface area contributed by atoms with E-state index in [1.807, 2.05) is 0 Å². The number of anilines is 1. The highest BCUT2D eigenvalue weighted by molar-refractivity contribution is 7.93. The van der Waals surface area contributed by atoms with Crippen LogP contribution in [0.25, 0.3) is 10.8 Å². The molecule has 0 bridgehead atoms. The van der Waals surface area contributed by atoms with Crippen molar-refractivity contribution < 1.29 is 27.9 Å². The number of carbonyl (C=O) groups is 2. The summed E-state index contributed by atoms with van der Waals surface area (Å²) in [6.07, 6.45) is 0. The summed E-state index contributed by atoms with van der Waals surface area (Å²) in [4.78, 5) is 24.0. The Morgan fingerprint density at radius 2 is 1.88 bits per heavy atom. The maximum atomic E-state index is 12.8. The second kappa shape index (κ2) is 6.26. The first-order valence-electron chi connectivity index (χ1n) is 7.78. The predicted octanol–water partition coefficient (Wildman–Crippen LogP) is 0.954. The van der Waals surface area contributed by atoms with Crippen LogP contribution >= 0.6 is 0 Å². The number of carboxylic acid groups (broad SMARTS) is 1. The number of aliphatic carboxylic acids is 1. The fraction of sp³-hybridized carbons (Fsp3) is 0.294. The fourth-order valence-corrected chi connectivity index (χ4v) is 4.71. The summed E-state index contributed by atoms with van der Waals surface area (Å²) < 4.78 is 31.5. The molecule has 3 rings (SSSR count). The van der Waals surface area contributed by atoms with Crippen molar-refractivity contribution in [2.45, 2.75) is 17.4 Å². The van der Waals surface area contributed by atoms with Crippen LogP contribution in [0.15, 0.2) is 41.3 Å². The number of rotatable bonds is 6. The molecule has 0 fully saturated rings. The van der Waals surface area contributed by atoms with Gasteiger partial charge in [-0.2, -0.15) is 0 Å². The van der Waals surface area contributed by atoms with E-state index in [2.05, 4.69) is 5.32 Å². The van der Waals surface area contributed by atoms with E-state index in [1.165, 1.54) is 20.1 Å². The SMILES string of the molecule is COCC(C)(NC(=O)CN1c2cccc3cccc(c23)S1(=O)=O)C(=O)O. The van der Waals surface area contributed by atoms with E-state index in [1.54, 1.807) is 30.3 Å². The van der Waals surface area contributed by atoms with E-state index in [0.717, 1.165) is 9.69 Å². The lowest BCUT2D eigenvalue weighted by molar-refractivity contribution is -0.149. The largest absolute Gasteiger partial charge is 0.479 e. The molecule has 1 unspecified atom stereocenters. The Bertz CT molecular complexity index is 998. The second-order valence-electron chi connectivity index (χ2n) is 6.26. The van der Waals surface area contributed by atoms with Gasteiger partial charge in [-0.3, -0.25) is 9.10 Å². The number of hydrogen-bond acceptors (Lipinski definition) is 5. The third-order valence-corrected chi connectivity index (χ3v) is 6.09. The highest BCUT2D eigenvalue weighted by Gasteiger charge is 2.39. The summed E-state index contributed by atoms with van der Waals surface area (Å²) in [5.41, 5.74) is -1.26. The average molecular weight is 378 g/mol. The molecule has 2 aromatic rings. The van der Waals surface area contributed by atoms with Gasteiger partial charge in [-0.05, 0) is 24.4 Å². The zero-order valence-corrected chi connectivity index (χ0v) is 15.0. The maximum absolute atomic E-state index is 12.8. The van der Waals surface area contributed by atoms with E-state index in [9.17, 15) is 23.1 Å². The molecule has 0 aliphatic carbocycles. The average Bonchev–Trinajstić information content (AvgIpc) is 2.78. The van der Waals surface area contributed by atoms with Crippen molar-refractivity contribution in [1.82, 2.24) is 5.32 Å². The molecule has 9 heteroatoms. The summed E-state index contributed by atoms with van der Waals surface area (Å²) in [5, 5.41) is 13.0. The van der Waals surface area contributed by atoms with Crippen LogP contribution in [0.1, 0.15) is 6.92 Å². The number of benzene rings is 2. The van der Waals surface area contributed by atoms with Crippen molar-refractivity contribution in [3.8, 4) is 0 Å². The van der Waals surface area contributed by atoms with E-state index < -0.39 is 34.0 Å². The number of amides is 1. The van der Waals surface area contributed by atoms with Gasteiger partial charge in [0.15, 0.2) is 5.54 Å². The first kappa shape index (κ1) is 18.2. The molecule has 1 atom stereocenters. The van der Waals surface area contributed by atoms with Crippen LogP contribution in [0.3, 0.4) is 0 Å².